The molecule has 0 amide bonds. The van der Waals surface area contributed by atoms with Gasteiger partial charge in [0.25, 0.3) is 0 Å². The fourth-order valence-corrected chi connectivity index (χ4v) is 2.29. The number of aromatic nitrogens is 2. The standard InChI is InChI=1S/C13H19N3O2/c1-13(2,3)9-4-5-16(8-9)11-7-14-6-10(15-11)12(17)18/h6-7,9H,4-5,8H2,1-3H3,(H,17,18). The first kappa shape index (κ1) is 12.8. The quantitative estimate of drug-likeness (QED) is 0.868. The number of carbonyl (C=O) groups is 1. The van der Waals surface area contributed by atoms with Crippen LogP contribution in [0.15, 0.2) is 12.4 Å². The highest BCUT2D eigenvalue weighted by atomic mass is 16.4. The van der Waals surface area contributed by atoms with Gasteiger partial charge >= 0.3 is 5.97 Å². The van der Waals surface area contributed by atoms with E-state index in [-0.39, 0.29) is 11.1 Å². The van der Waals surface area contributed by atoms with Gasteiger partial charge in [0.2, 0.25) is 0 Å². The van der Waals surface area contributed by atoms with Gasteiger partial charge in [-0.3, -0.25) is 4.98 Å². The summed E-state index contributed by atoms with van der Waals surface area (Å²) in [5.74, 6) is 0.241. The summed E-state index contributed by atoms with van der Waals surface area (Å²) < 4.78 is 0. The molecule has 1 aliphatic rings. The summed E-state index contributed by atoms with van der Waals surface area (Å²) in [7, 11) is 0. The zero-order valence-electron chi connectivity index (χ0n) is 11.1. The minimum atomic E-state index is -1.03. The first-order valence-corrected chi connectivity index (χ1v) is 6.18. The van der Waals surface area contributed by atoms with Crippen LogP contribution in [0.3, 0.4) is 0 Å². The van der Waals surface area contributed by atoms with E-state index >= 15 is 0 Å². The molecular weight excluding hydrogens is 230 g/mol. The first-order valence-electron chi connectivity index (χ1n) is 6.18. The van der Waals surface area contributed by atoms with E-state index in [9.17, 15) is 4.79 Å². The molecule has 1 aromatic heterocycles. The van der Waals surface area contributed by atoms with Crippen LogP contribution in [-0.4, -0.2) is 34.1 Å². The van der Waals surface area contributed by atoms with E-state index in [4.69, 9.17) is 5.11 Å². The first-order chi connectivity index (χ1) is 8.38. The van der Waals surface area contributed by atoms with Crippen LogP contribution in [0.5, 0.6) is 0 Å². The summed E-state index contributed by atoms with van der Waals surface area (Å²) in [6, 6.07) is 0. The van der Waals surface area contributed by atoms with E-state index in [1.54, 1.807) is 6.20 Å². The van der Waals surface area contributed by atoms with Crippen LogP contribution in [0.2, 0.25) is 0 Å². The van der Waals surface area contributed by atoms with Gasteiger partial charge in [0.05, 0.1) is 12.4 Å². The zero-order chi connectivity index (χ0) is 13.3. The molecule has 0 bridgehead atoms. The van der Waals surface area contributed by atoms with Crippen molar-refractivity contribution in [3.8, 4) is 0 Å². The van der Waals surface area contributed by atoms with Gasteiger partial charge in [-0.2, -0.15) is 0 Å². The molecule has 98 valence electrons. The van der Waals surface area contributed by atoms with Crippen molar-refractivity contribution in [2.24, 2.45) is 11.3 Å². The highest BCUT2D eigenvalue weighted by molar-refractivity contribution is 5.85. The monoisotopic (exact) mass is 249 g/mol. The van der Waals surface area contributed by atoms with Crippen molar-refractivity contribution in [1.82, 2.24) is 9.97 Å². The van der Waals surface area contributed by atoms with Gasteiger partial charge in [-0.15, -0.1) is 0 Å². The fourth-order valence-electron chi connectivity index (χ4n) is 2.29. The highest BCUT2D eigenvalue weighted by Crippen LogP contribution is 2.34. The van der Waals surface area contributed by atoms with Crippen LogP contribution in [-0.2, 0) is 0 Å². The molecule has 0 radical (unpaired) electrons. The Labute approximate surface area is 107 Å². The van der Waals surface area contributed by atoms with Crippen LogP contribution < -0.4 is 4.90 Å². The van der Waals surface area contributed by atoms with Crippen LogP contribution in [0.1, 0.15) is 37.7 Å². The normalized spacial score (nSPS) is 20.2. The summed E-state index contributed by atoms with van der Waals surface area (Å²) in [4.78, 5) is 21.1. The lowest BCUT2D eigenvalue weighted by Crippen LogP contribution is -2.26. The van der Waals surface area contributed by atoms with Crippen LogP contribution in [0.25, 0.3) is 0 Å². The maximum Gasteiger partial charge on any atom is 0.356 e. The smallest absolute Gasteiger partial charge is 0.356 e. The molecule has 1 atom stereocenters. The van der Waals surface area contributed by atoms with E-state index in [0.29, 0.717) is 11.7 Å². The lowest BCUT2D eigenvalue weighted by Gasteiger charge is -2.27. The third kappa shape index (κ3) is 2.60. The minimum absolute atomic E-state index is 0.00621. The number of carboxylic acids is 1. The maximum atomic E-state index is 10.9. The van der Waals surface area contributed by atoms with Crippen molar-refractivity contribution in [3.05, 3.63) is 18.1 Å². The molecule has 0 saturated carbocycles. The van der Waals surface area contributed by atoms with Gasteiger partial charge in [-0.25, -0.2) is 9.78 Å². The van der Waals surface area contributed by atoms with Crippen LogP contribution >= 0.6 is 0 Å². The van der Waals surface area contributed by atoms with Gasteiger partial charge in [-0.1, -0.05) is 20.8 Å². The Balaban J connectivity index is 2.14. The predicted molar refractivity (Wildman–Crippen MR) is 68.8 cm³/mol. The Hall–Kier alpha value is -1.65. The molecule has 0 spiro atoms. The lowest BCUT2D eigenvalue weighted by atomic mass is 9.80. The molecule has 0 aliphatic carbocycles. The average Bonchev–Trinajstić information content (AvgIpc) is 2.78. The Kier molecular flexibility index (Phi) is 3.24. The highest BCUT2D eigenvalue weighted by Gasteiger charge is 2.32. The summed E-state index contributed by atoms with van der Waals surface area (Å²) in [5.41, 5.74) is 0.277. The van der Waals surface area contributed by atoms with Gasteiger partial charge < -0.3 is 10.0 Å². The number of hydrogen-bond acceptors (Lipinski definition) is 4. The second-order valence-electron chi connectivity index (χ2n) is 5.87. The molecule has 0 aromatic carbocycles. The van der Waals surface area contributed by atoms with Crippen molar-refractivity contribution in [3.63, 3.8) is 0 Å². The SMILES string of the molecule is CC(C)(C)C1CCN(c2cncc(C(=O)O)n2)C1. The van der Waals surface area contributed by atoms with Crippen LogP contribution in [0, 0.1) is 11.3 Å². The second-order valence-corrected chi connectivity index (χ2v) is 5.87. The van der Waals surface area contributed by atoms with Gasteiger partial charge in [0, 0.05) is 13.1 Å². The summed E-state index contributed by atoms with van der Waals surface area (Å²) in [6.07, 6.45) is 4.03. The minimum Gasteiger partial charge on any atom is -0.476 e. The van der Waals surface area contributed by atoms with E-state index in [1.165, 1.54) is 6.20 Å². The number of hydrogen-bond donors (Lipinski definition) is 1. The average molecular weight is 249 g/mol. The molecule has 18 heavy (non-hydrogen) atoms. The second kappa shape index (κ2) is 4.55. The number of nitrogens with zero attached hydrogens (tertiary/aromatic N) is 3. The van der Waals surface area contributed by atoms with Gasteiger partial charge in [-0.05, 0) is 17.8 Å². The topological polar surface area (TPSA) is 66.3 Å². The Morgan fingerprint density at radius 3 is 2.72 bits per heavy atom. The molecule has 1 unspecified atom stereocenters. The van der Waals surface area contributed by atoms with Crippen molar-refractivity contribution in [2.75, 3.05) is 18.0 Å². The number of aromatic carboxylic acids is 1. The molecule has 5 heteroatoms. The molecule has 1 fully saturated rings. The lowest BCUT2D eigenvalue weighted by molar-refractivity contribution is 0.0690. The molecular formula is C13H19N3O2. The van der Waals surface area contributed by atoms with E-state index in [1.807, 2.05) is 0 Å². The fraction of sp³-hybridized carbons (Fsp3) is 0.615. The van der Waals surface area contributed by atoms with Crippen molar-refractivity contribution in [1.29, 1.82) is 0 Å². The Morgan fingerprint density at radius 1 is 1.44 bits per heavy atom. The Bertz CT molecular complexity index is 454. The van der Waals surface area contributed by atoms with E-state index in [0.717, 1.165) is 19.5 Å². The predicted octanol–water partition coefficient (Wildman–Crippen LogP) is 2.05. The number of carboxylic acid groups (broad SMARTS) is 1. The van der Waals surface area contributed by atoms with E-state index in [2.05, 4.69) is 35.6 Å². The third-order valence-electron chi connectivity index (χ3n) is 3.58. The largest absolute Gasteiger partial charge is 0.476 e. The molecule has 2 rings (SSSR count). The summed E-state index contributed by atoms with van der Waals surface area (Å²) in [6.45, 7) is 8.54. The number of rotatable bonds is 2. The maximum absolute atomic E-state index is 10.9. The van der Waals surface area contributed by atoms with Crippen molar-refractivity contribution in [2.45, 2.75) is 27.2 Å². The molecule has 5 nitrogen and oxygen atoms in total. The molecule has 1 saturated heterocycles. The molecule has 2 heterocycles. The van der Waals surface area contributed by atoms with Crippen molar-refractivity contribution >= 4 is 11.8 Å². The molecule has 1 aliphatic heterocycles. The molecule has 1 N–H and O–H groups in total. The van der Waals surface area contributed by atoms with Gasteiger partial charge in [0.15, 0.2) is 5.69 Å². The van der Waals surface area contributed by atoms with E-state index < -0.39 is 5.97 Å². The molecule has 1 aromatic rings. The van der Waals surface area contributed by atoms with Gasteiger partial charge in [0.1, 0.15) is 5.82 Å². The Morgan fingerprint density at radius 2 is 2.17 bits per heavy atom. The number of anilines is 1. The summed E-state index contributed by atoms with van der Waals surface area (Å²) >= 11 is 0. The summed E-state index contributed by atoms with van der Waals surface area (Å²) in [5, 5.41) is 8.91. The third-order valence-corrected chi connectivity index (χ3v) is 3.58. The zero-order valence-corrected chi connectivity index (χ0v) is 11.1. The van der Waals surface area contributed by atoms with Crippen LogP contribution in [0.4, 0.5) is 5.82 Å². The van der Waals surface area contributed by atoms with Crippen molar-refractivity contribution < 1.29 is 9.90 Å².